The number of nitrogens with one attached hydrogen (secondary N) is 1. The van der Waals surface area contributed by atoms with Gasteiger partial charge in [0.15, 0.2) is 0 Å². The monoisotopic (exact) mass is 568 g/mol. The van der Waals surface area contributed by atoms with E-state index < -0.39 is 5.60 Å². The van der Waals surface area contributed by atoms with Gasteiger partial charge in [-0.1, -0.05) is 55.8 Å². The fraction of sp³-hybridized carbons (Fsp3) is 0.382. The smallest absolute Gasteiger partial charge is 0.339 e. The van der Waals surface area contributed by atoms with Gasteiger partial charge < -0.3 is 24.3 Å². The number of morpholine rings is 1. The molecule has 220 valence electrons. The van der Waals surface area contributed by atoms with E-state index in [1.165, 1.54) is 0 Å². The summed E-state index contributed by atoms with van der Waals surface area (Å²) in [7, 11) is 0. The van der Waals surface area contributed by atoms with Gasteiger partial charge in [-0.2, -0.15) is 0 Å². The van der Waals surface area contributed by atoms with Crippen LogP contribution < -0.4 is 5.32 Å². The molecule has 4 aromatic rings. The molecular weight excluding hydrogens is 528 g/mol. The van der Waals surface area contributed by atoms with Crippen LogP contribution in [0.3, 0.4) is 0 Å². The van der Waals surface area contributed by atoms with Crippen LogP contribution in [0.4, 0.5) is 10.5 Å². The zero-order valence-electron chi connectivity index (χ0n) is 25.0. The van der Waals surface area contributed by atoms with Crippen LogP contribution in [0.15, 0.2) is 66.7 Å². The molecule has 42 heavy (non-hydrogen) atoms. The zero-order valence-corrected chi connectivity index (χ0v) is 25.0. The standard InChI is InChI=1S/C34H40N4O4/c1-5-6-11-31-36-29-17-16-26(35-33(40)37-18-20-41-21-19-37)22-30(29)38(31)23-24-12-14-25(15-13-24)27-9-7-8-10-28(27)32(39)42-34(2,3)4/h7-10,12-17,22H,5-6,11,18-21,23H2,1-4H3,(H,35,40). The molecule has 1 aliphatic rings. The first-order valence-corrected chi connectivity index (χ1v) is 14.8. The lowest BCUT2D eigenvalue weighted by molar-refractivity contribution is 0.00704. The predicted molar refractivity (Wildman–Crippen MR) is 166 cm³/mol. The Bertz CT molecular complexity index is 1550. The molecule has 0 atom stereocenters. The zero-order chi connectivity index (χ0) is 29.7. The van der Waals surface area contributed by atoms with E-state index in [1.54, 1.807) is 4.90 Å². The average Bonchev–Trinajstić information content (AvgIpc) is 3.32. The first-order valence-electron chi connectivity index (χ1n) is 14.8. The number of amides is 2. The molecule has 2 amide bonds. The Balaban J connectivity index is 1.41. The highest BCUT2D eigenvalue weighted by Crippen LogP contribution is 2.28. The summed E-state index contributed by atoms with van der Waals surface area (Å²) in [5.74, 6) is 0.701. The minimum atomic E-state index is -0.567. The van der Waals surface area contributed by atoms with Gasteiger partial charge in [-0.25, -0.2) is 14.6 Å². The van der Waals surface area contributed by atoms with Crippen molar-refractivity contribution in [3.05, 3.63) is 83.7 Å². The van der Waals surface area contributed by atoms with Crippen LogP contribution in [-0.4, -0.2) is 58.4 Å². The first-order chi connectivity index (χ1) is 20.2. The lowest BCUT2D eigenvalue weighted by Crippen LogP contribution is -2.43. The molecule has 1 aromatic heterocycles. The first kappa shape index (κ1) is 29.3. The van der Waals surface area contributed by atoms with Crippen molar-refractivity contribution in [1.82, 2.24) is 14.5 Å². The van der Waals surface area contributed by atoms with Gasteiger partial charge in [0.2, 0.25) is 0 Å². The van der Waals surface area contributed by atoms with Gasteiger partial charge in [-0.05, 0) is 68.1 Å². The number of rotatable bonds is 8. The van der Waals surface area contributed by atoms with Crippen LogP contribution >= 0.6 is 0 Å². The van der Waals surface area contributed by atoms with E-state index in [2.05, 4.69) is 41.1 Å². The van der Waals surface area contributed by atoms with Gasteiger partial charge >= 0.3 is 12.0 Å². The molecule has 0 bridgehead atoms. The summed E-state index contributed by atoms with van der Waals surface area (Å²) < 4.78 is 13.3. The van der Waals surface area contributed by atoms with Crippen LogP contribution in [-0.2, 0) is 22.4 Å². The van der Waals surface area contributed by atoms with Gasteiger partial charge in [-0.3, -0.25) is 0 Å². The maximum atomic E-state index is 12.9. The Hall–Kier alpha value is -4.17. The lowest BCUT2D eigenvalue weighted by Gasteiger charge is -2.26. The minimum Gasteiger partial charge on any atom is -0.456 e. The molecule has 1 saturated heterocycles. The summed E-state index contributed by atoms with van der Waals surface area (Å²) >= 11 is 0. The fourth-order valence-corrected chi connectivity index (χ4v) is 5.14. The molecule has 1 fully saturated rings. The number of anilines is 1. The molecule has 1 aliphatic heterocycles. The fourth-order valence-electron chi connectivity index (χ4n) is 5.14. The van der Waals surface area contributed by atoms with E-state index in [9.17, 15) is 9.59 Å². The van der Waals surface area contributed by atoms with Gasteiger partial charge in [0.25, 0.3) is 0 Å². The number of carbonyl (C=O) groups excluding carboxylic acids is 2. The van der Waals surface area contributed by atoms with Crippen molar-refractivity contribution in [2.24, 2.45) is 0 Å². The number of urea groups is 1. The molecule has 5 rings (SSSR count). The third kappa shape index (κ3) is 6.99. The second kappa shape index (κ2) is 12.8. The Morgan fingerprint density at radius 3 is 2.45 bits per heavy atom. The Labute approximate surface area is 247 Å². The van der Waals surface area contributed by atoms with E-state index in [1.807, 2.05) is 63.2 Å². The Kier molecular flexibility index (Phi) is 8.92. The van der Waals surface area contributed by atoms with E-state index in [0.29, 0.717) is 38.4 Å². The highest BCUT2D eigenvalue weighted by atomic mass is 16.6. The number of imidazole rings is 1. The maximum Gasteiger partial charge on any atom is 0.339 e. The highest BCUT2D eigenvalue weighted by molar-refractivity contribution is 5.97. The number of hydrogen-bond acceptors (Lipinski definition) is 5. The molecule has 8 heteroatoms. The third-order valence-electron chi connectivity index (χ3n) is 7.28. The van der Waals surface area contributed by atoms with Crippen LogP contribution in [0.25, 0.3) is 22.2 Å². The number of aromatic nitrogens is 2. The molecule has 3 aromatic carbocycles. The van der Waals surface area contributed by atoms with Gasteiger partial charge in [0, 0.05) is 31.7 Å². The number of esters is 1. The molecule has 0 saturated carbocycles. The van der Waals surface area contributed by atoms with Crippen molar-refractivity contribution in [3.8, 4) is 11.1 Å². The van der Waals surface area contributed by atoms with E-state index in [0.717, 1.165) is 58.5 Å². The highest BCUT2D eigenvalue weighted by Gasteiger charge is 2.21. The average molecular weight is 569 g/mol. The lowest BCUT2D eigenvalue weighted by atomic mass is 9.98. The molecular formula is C34H40N4O4. The molecule has 0 unspecified atom stereocenters. The predicted octanol–water partition coefficient (Wildman–Crippen LogP) is 6.91. The van der Waals surface area contributed by atoms with Crippen LogP contribution in [0, 0.1) is 0 Å². The van der Waals surface area contributed by atoms with E-state index in [-0.39, 0.29) is 12.0 Å². The van der Waals surface area contributed by atoms with Crippen molar-refractivity contribution < 1.29 is 19.1 Å². The molecule has 1 N–H and O–H groups in total. The second-order valence-corrected chi connectivity index (χ2v) is 11.7. The van der Waals surface area contributed by atoms with Crippen molar-refractivity contribution in [2.45, 2.75) is 59.1 Å². The number of unbranched alkanes of at least 4 members (excludes halogenated alkanes) is 1. The summed E-state index contributed by atoms with van der Waals surface area (Å²) in [4.78, 5) is 32.4. The number of aryl methyl sites for hydroxylation is 1. The van der Waals surface area contributed by atoms with Crippen molar-refractivity contribution in [2.75, 3.05) is 31.6 Å². The van der Waals surface area contributed by atoms with Crippen molar-refractivity contribution in [3.63, 3.8) is 0 Å². The maximum absolute atomic E-state index is 12.9. The summed E-state index contributed by atoms with van der Waals surface area (Å²) in [5, 5.41) is 3.05. The van der Waals surface area contributed by atoms with Crippen LogP contribution in [0.1, 0.15) is 62.3 Å². The Morgan fingerprint density at radius 1 is 1.00 bits per heavy atom. The van der Waals surface area contributed by atoms with Crippen molar-refractivity contribution >= 4 is 28.7 Å². The van der Waals surface area contributed by atoms with Gasteiger partial charge in [0.1, 0.15) is 11.4 Å². The van der Waals surface area contributed by atoms with Gasteiger partial charge in [-0.15, -0.1) is 0 Å². The number of hydrogen-bond donors (Lipinski definition) is 1. The molecule has 0 spiro atoms. The largest absolute Gasteiger partial charge is 0.456 e. The van der Waals surface area contributed by atoms with Crippen LogP contribution in [0.5, 0.6) is 0 Å². The number of nitrogens with zero attached hydrogens (tertiary/aromatic N) is 3. The quantitative estimate of drug-likeness (QED) is 0.233. The van der Waals surface area contributed by atoms with E-state index >= 15 is 0 Å². The number of ether oxygens (including phenoxy) is 2. The number of carbonyl (C=O) groups is 2. The van der Waals surface area contributed by atoms with Crippen molar-refractivity contribution in [1.29, 1.82) is 0 Å². The third-order valence-corrected chi connectivity index (χ3v) is 7.28. The van der Waals surface area contributed by atoms with Crippen LogP contribution in [0.2, 0.25) is 0 Å². The molecule has 0 radical (unpaired) electrons. The SMILES string of the molecule is CCCCc1nc2ccc(NC(=O)N3CCOCC3)cc2n1Cc1ccc(-c2ccccc2C(=O)OC(C)(C)C)cc1. The summed E-state index contributed by atoms with van der Waals surface area (Å²) in [6.45, 7) is 10.7. The summed E-state index contributed by atoms with van der Waals surface area (Å²) in [5.41, 5.74) is 5.54. The topological polar surface area (TPSA) is 85.7 Å². The molecule has 2 heterocycles. The second-order valence-electron chi connectivity index (χ2n) is 11.7. The molecule has 0 aliphatic carbocycles. The minimum absolute atomic E-state index is 0.114. The molecule has 8 nitrogen and oxygen atoms in total. The Morgan fingerprint density at radius 2 is 1.74 bits per heavy atom. The van der Waals surface area contributed by atoms with E-state index in [4.69, 9.17) is 14.5 Å². The summed E-state index contributed by atoms with van der Waals surface area (Å²) in [6, 6.07) is 21.7. The number of benzene rings is 3. The summed E-state index contributed by atoms with van der Waals surface area (Å²) in [6.07, 6.45) is 3.00. The number of fused-ring (bicyclic) bond motifs is 1. The van der Waals surface area contributed by atoms with Gasteiger partial charge in [0.05, 0.1) is 29.8 Å². The normalized spacial score (nSPS) is 13.8.